The number of nitrogens with zero attached hydrogens (tertiary/aromatic N) is 1. The van der Waals surface area contributed by atoms with Gasteiger partial charge in [-0.15, -0.1) is 0 Å². The van der Waals surface area contributed by atoms with Gasteiger partial charge < -0.3 is 14.4 Å². The molecule has 0 aromatic rings. The standard InChI is InChI=1S/C47H93NO7S/c1-5-9-12-15-20-27-35-44(8-4)54-46(49)38-30-23-18-25-32-40-48(42-34-43-56(51,52)53)41-33-26-19-24-31-39-47(50)55-45(36-28-21-16-13-10-6-2)37-29-22-17-14-11-7-3/h44-45H,5-43H2,1-4H3,(H,51,52,53). The molecule has 1 N–H and O–H groups in total. The van der Waals surface area contributed by atoms with Gasteiger partial charge in [-0.05, 0) is 96.7 Å². The summed E-state index contributed by atoms with van der Waals surface area (Å²) in [5.74, 6) is -0.286. The fourth-order valence-corrected chi connectivity index (χ4v) is 8.13. The molecule has 334 valence electrons. The molecule has 8 nitrogen and oxygen atoms in total. The number of carbonyl (C=O) groups is 2. The first-order chi connectivity index (χ1) is 27.1. The topological polar surface area (TPSA) is 110 Å². The Labute approximate surface area is 347 Å². The van der Waals surface area contributed by atoms with Crippen molar-refractivity contribution in [3.8, 4) is 0 Å². The number of hydrogen-bond donors (Lipinski definition) is 1. The average Bonchev–Trinajstić information content (AvgIpc) is 3.16. The lowest BCUT2D eigenvalue weighted by molar-refractivity contribution is -0.150. The van der Waals surface area contributed by atoms with Crippen molar-refractivity contribution >= 4 is 22.1 Å². The van der Waals surface area contributed by atoms with Gasteiger partial charge >= 0.3 is 11.9 Å². The molecule has 9 heteroatoms. The molecule has 0 fully saturated rings. The Bertz CT molecular complexity index is 960. The Morgan fingerprint density at radius 3 is 1.16 bits per heavy atom. The number of ether oxygens (including phenoxy) is 2. The first-order valence-electron chi connectivity index (χ1n) is 24.2. The zero-order valence-electron chi connectivity index (χ0n) is 37.5. The van der Waals surface area contributed by atoms with Crippen LogP contribution in [0, 0.1) is 0 Å². The Balaban J connectivity index is 4.36. The first-order valence-corrected chi connectivity index (χ1v) is 25.8. The van der Waals surface area contributed by atoms with E-state index in [0.717, 1.165) is 122 Å². The van der Waals surface area contributed by atoms with Gasteiger partial charge in [0.1, 0.15) is 12.2 Å². The summed E-state index contributed by atoms with van der Waals surface area (Å²) >= 11 is 0. The molecule has 0 rings (SSSR count). The van der Waals surface area contributed by atoms with Gasteiger partial charge in [-0.1, -0.05) is 163 Å². The molecule has 0 aromatic carbocycles. The summed E-state index contributed by atoms with van der Waals surface area (Å²) in [4.78, 5) is 27.5. The highest BCUT2D eigenvalue weighted by Crippen LogP contribution is 2.19. The normalized spacial score (nSPS) is 12.5. The first kappa shape index (κ1) is 54.8. The molecule has 0 amide bonds. The smallest absolute Gasteiger partial charge is 0.306 e. The summed E-state index contributed by atoms with van der Waals surface area (Å²) < 4.78 is 43.6. The summed E-state index contributed by atoms with van der Waals surface area (Å²) in [6.45, 7) is 11.3. The Morgan fingerprint density at radius 2 is 0.768 bits per heavy atom. The van der Waals surface area contributed by atoms with Gasteiger partial charge in [0.15, 0.2) is 0 Å². The van der Waals surface area contributed by atoms with Crippen LogP contribution in [0.1, 0.15) is 252 Å². The van der Waals surface area contributed by atoms with Crippen molar-refractivity contribution < 1.29 is 32.0 Å². The minimum atomic E-state index is -3.95. The van der Waals surface area contributed by atoms with Crippen molar-refractivity contribution in [2.24, 2.45) is 0 Å². The van der Waals surface area contributed by atoms with Gasteiger partial charge in [-0.25, -0.2) is 0 Å². The van der Waals surface area contributed by atoms with Crippen molar-refractivity contribution in [2.45, 2.75) is 265 Å². The van der Waals surface area contributed by atoms with Crippen molar-refractivity contribution in [1.29, 1.82) is 0 Å². The zero-order chi connectivity index (χ0) is 41.4. The molecule has 0 heterocycles. The molecule has 1 unspecified atom stereocenters. The van der Waals surface area contributed by atoms with Gasteiger partial charge in [0.25, 0.3) is 10.1 Å². The number of esters is 2. The van der Waals surface area contributed by atoms with E-state index >= 15 is 0 Å². The predicted molar refractivity (Wildman–Crippen MR) is 237 cm³/mol. The maximum atomic E-state index is 12.8. The van der Waals surface area contributed by atoms with Crippen molar-refractivity contribution in [1.82, 2.24) is 4.90 Å². The monoisotopic (exact) mass is 816 g/mol. The van der Waals surface area contributed by atoms with E-state index in [1.165, 1.54) is 96.3 Å². The molecule has 1 atom stereocenters. The summed E-state index contributed by atoms with van der Waals surface area (Å²) in [6.07, 6.45) is 38.2. The van der Waals surface area contributed by atoms with Crippen molar-refractivity contribution in [3.63, 3.8) is 0 Å². The Kier molecular flexibility index (Phi) is 39.7. The van der Waals surface area contributed by atoms with Gasteiger partial charge in [-0.2, -0.15) is 8.42 Å². The fourth-order valence-electron chi connectivity index (χ4n) is 7.63. The van der Waals surface area contributed by atoms with Crippen LogP contribution in [0.5, 0.6) is 0 Å². The van der Waals surface area contributed by atoms with E-state index in [9.17, 15) is 22.6 Å². The third kappa shape index (κ3) is 39.6. The van der Waals surface area contributed by atoms with Crippen LogP contribution in [0.3, 0.4) is 0 Å². The summed E-state index contributed by atoms with van der Waals surface area (Å²) in [5, 5.41) is 0. The number of hydrogen-bond acceptors (Lipinski definition) is 7. The van der Waals surface area contributed by atoms with E-state index in [0.29, 0.717) is 25.8 Å². The van der Waals surface area contributed by atoms with Crippen LogP contribution in [-0.4, -0.2) is 67.4 Å². The van der Waals surface area contributed by atoms with Crippen LogP contribution in [0.25, 0.3) is 0 Å². The maximum absolute atomic E-state index is 12.8. The molecule has 0 spiro atoms. The highest BCUT2D eigenvalue weighted by Gasteiger charge is 2.15. The van der Waals surface area contributed by atoms with Gasteiger partial charge in [0, 0.05) is 12.8 Å². The van der Waals surface area contributed by atoms with E-state index in [4.69, 9.17) is 9.47 Å². The lowest BCUT2D eigenvalue weighted by Crippen LogP contribution is -2.28. The van der Waals surface area contributed by atoms with Crippen LogP contribution in [0.4, 0.5) is 0 Å². The van der Waals surface area contributed by atoms with Crippen molar-refractivity contribution in [2.75, 3.05) is 25.4 Å². The molecular formula is C47H93NO7S. The molecule has 0 radical (unpaired) electrons. The second-order valence-corrected chi connectivity index (χ2v) is 18.4. The van der Waals surface area contributed by atoms with Crippen LogP contribution in [-0.2, 0) is 29.2 Å². The highest BCUT2D eigenvalue weighted by molar-refractivity contribution is 7.85. The third-order valence-corrected chi connectivity index (χ3v) is 12.1. The average molecular weight is 816 g/mol. The van der Waals surface area contributed by atoms with E-state index in [1.807, 2.05) is 0 Å². The lowest BCUT2D eigenvalue weighted by atomic mass is 10.0. The minimum absolute atomic E-state index is 0.0270. The van der Waals surface area contributed by atoms with E-state index < -0.39 is 10.1 Å². The number of unbranched alkanes of at least 4 members (excludes halogenated alkanes) is 23. The van der Waals surface area contributed by atoms with Crippen LogP contribution in [0.2, 0.25) is 0 Å². The van der Waals surface area contributed by atoms with E-state index in [-0.39, 0.29) is 29.9 Å². The van der Waals surface area contributed by atoms with Gasteiger partial charge in [0.05, 0.1) is 5.75 Å². The molecule has 0 aliphatic rings. The second kappa shape index (κ2) is 40.6. The molecule has 0 aliphatic carbocycles. The van der Waals surface area contributed by atoms with Crippen LogP contribution >= 0.6 is 0 Å². The predicted octanol–water partition coefficient (Wildman–Crippen LogP) is 13.7. The maximum Gasteiger partial charge on any atom is 0.306 e. The molecule has 0 aromatic heterocycles. The van der Waals surface area contributed by atoms with Gasteiger partial charge in [-0.3, -0.25) is 14.1 Å². The molecule has 0 aliphatic heterocycles. The SMILES string of the molecule is CCCCCCCCC(CC)OC(=O)CCCCCCCN(CCCCCCCC(=O)OC(CCCCCCCC)CCCCCCCC)CCCS(=O)(=O)O. The quantitative estimate of drug-likeness (QED) is 0.0368. The minimum Gasteiger partial charge on any atom is -0.462 e. The summed E-state index contributed by atoms with van der Waals surface area (Å²) in [5.41, 5.74) is 0. The molecule has 0 saturated heterocycles. The van der Waals surface area contributed by atoms with Crippen LogP contribution in [0.15, 0.2) is 0 Å². The van der Waals surface area contributed by atoms with E-state index in [2.05, 4.69) is 32.6 Å². The third-order valence-electron chi connectivity index (χ3n) is 11.3. The van der Waals surface area contributed by atoms with Crippen molar-refractivity contribution in [3.05, 3.63) is 0 Å². The largest absolute Gasteiger partial charge is 0.462 e. The fraction of sp³-hybridized carbons (Fsp3) is 0.957. The summed E-state index contributed by atoms with van der Waals surface area (Å²) in [7, 11) is -3.95. The molecular weight excluding hydrogens is 723 g/mol. The van der Waals surface area contributed by atoms with Gasteiger partial charge in [0.2, 0.25) is 0 Å². The Morgan fingerprint density at radius 1 is 0.446 bits per heavy atom. The lowest BCUT2D eigenvalue weighted by Gasteiger charge is -2.22. The molecule has 0 bridgehead atoms. The molecule has 56 heavy (non-hydrogen) atoms. The van der Waals surface area contributed by atoms with Crippen LogP contribution < -0.4 is 0 Å². The van der Waals surface area contributed by atoms with E-state index in [1.54, 1.807) is 0 Å². The second-order valence-electron chi connectivity index (χ2n) is 16.8. The number of carbonyl (C=O) groups excluding carboxylic acids is 2. The molecule has 0 saturated carbocycles. The summed E-state index contributed by atoms with van der Waals surface area (Å²) in [6, 6.07) is 0. The number of rotatable bonds is 44. The highest BCUT2D eigenvalue weighted by atomic mass is 32.2. The Hall–Kier alpha value is -1.19. The zero-order valence-corrected chi connectivity index (χ0v) is 38.3.